The normalized spacial score (nSPS) is 18.2. The van der Waals surface area contributed by atoms with Gasteiger partial charge in [0.05, 0.1) is 13.0 Å². The first-order valence-corrected chi connectivity index (χ1v) is 12.5. The lowest BCUT2D eigenvalue weighted by Gasteiger charge is -2.26. The van der Waals surface area contributed by atoms with Gasteiger partial charge in [-0.25, -0.2) is 0 Å². The lowest BCUT2D eigenvalue weighted by atomic mass is 9.95. The Balaban J connectivity index is 2.74. The number of ether oxygens (including phenoxy) is 2. The Morgan fingerprint density at radius 1 is 1.12 bits per heavy atom. The van der Waals surface area contributed by atoms with Crippen molar-refractivity contribution in [2.45, 2.75) is 110 Å². The van der Waals surface area contributed by atoms with Crippen molar-refractivity contribution in [1.29, 1.82) is 0 Å². The maximum absolute atomic E-state index is 13.1. The van der Waals surface area contributed by atoms with Crippen LogP contribution in [0, 0.1) is 5.92 Å². The zero-order valence-electron chi connectivity index (χ0n) is 21.0. The summed E-state index contributed by atoms with van der Waals surface area (Å²) in [6.07, 6.45) is 9.81. The Labute approximate surface area is 195 Å². The number of rotatable bonds is 14. The molecule has 1 fully saturated rings. The third-order valence-electron chi connectivity index (χ3n) is 5.77. The number of hydrogen-bond donors (Lipinski definition) is 1. The summed E-state index contributed by atoms with van der Waals surface area (Å²) in [5, 5.41) is 2.97. The first-order chi connectivity index (χ1) is 15.2. The molecule has 1 aliphatic rings. The summed E-state index contributed by atoms with van der Waals surface area (Å²) >= 11 is 0. The first kappa shape index (κ1) is 28.4. The second-order valence-corrected chi connectivity index (χ2v) is 9.92. The predicted octanol–water partition coefficient (Wildman–Crippen LogP) is 4.23. The highest BCUT2D eigenvalue weighted by atomic mass is 16.6. The Kier molecular flexibility index (Phi) is 13.5. The minimum absolute atomic E-state index is 0.0480. The van der Waals surface area contributed by atoms with E-state index in [4.69, 9.17) is 9.47 Å². The third kappa shape index (κ3) is 11.8. The molecule has 0 unspecified atom stereocenters. The van der Waals surface area contributed by atoms with E-state index < -0.39 is 17.6 Å². The van der Waals surface area contributed by atoms with Gasteiger partial charge in [-0.15, -0.1) is 0 Å². The predicted molar refractivity (Wildman–Crippen MR) is 126 cm³/mol. The summed E-state index contributed by atoms with van der Waals surface area (Å²) < 4.78 is 10.6. The summed E-state index contributed by atoms with van der Waals surface area (Å²) in [6, 6.07) is -0.535. The summed E-state index contributed by atoms with van der Waals surface area (Å²) in [5.41, 5.74) is -0.586. The molecule has 0 aliphatic carbocycles. The second-order valence-electron chi connectivity index (χ2n) is 9.92. The van der Waals surface area contributed by atoms with Crippen molar-refractivity contribution in [1.82, 2.24) is 10.2 Å². The van der Waals surface area contributed by atoms with E-state index in [1.54, 1.807) is 12.0 Å². The molecule has 1 rings (SSSR count). The number of nitrogens with zero attached hydrogens (tertiary/aromatic N) is 1. The molecule has 32 heavy (non-hydrogen) atoms. The fraction of sp³-hybridized carbons (Fsp3) is 0.880. The van der Waals surface area contributed by atoms with Gasteiger partial charge in [0.25, 0.3) is 0 Å². The molecule has 2 atom stereocenters. The minimum atomic E-state index is -0.586. The molecule has 0 aromatic rings. The number of amides is 2. The highest BCUT2D eigenvalue weighted by molar-refractivity contribution is 5.90. The van der Waals surface area contributed by atoms with Crippen LogP contribution >= 0.6 is 0 Å². The van der Waals surface area contributed by atoms with Crippen LogP contribution in [0.4, 0.5) is 0 Å². The molecule has 1 saturated heterocycles. The Morgan fingerprint density at radius 2 is 1.81 bits per heavy atom. The maximum atomic E-state index is 13.1. The SMILES string of the molecule is CCCCCCCC[C@H](CC(=O)OC(C)(C)C)C(=O)N[C@H]1CCCCN(CCOC)C1=O. The molecule has 1 aliphatic heterocycles. The lowest BCUT2D eigenvalue weighted by Crippen LogP contribution is -2.49. The lowest BCUT2D eigenvalue weighted by molar-refractivity contribution is -0.157. The van der Waals surface area contributed by atoms with Crippen molar-refractivity contribution < 1.29 is 23.9 Å². The quantitative estimate of drug-likeness (QED) is 0.314. The van der Waals surface area contributed by atoms with Gasteiger partial charge in [-0.3, -0.25) is 14.4 Å². The van der Waals surface area contributed by atoms with Crippen LogP contribution < -0.4 is 5.32 Å². The molecule has 0 spiro atoms. The van der Waals surface area contributed by atoms with Crippen LogP contribution in [0.2, 0.25) is 0 Å². The van der Waals surface area contributed by atoms with Gasteiger partial charge in [-0.1, -0.05) is 45.4 Å². The van der Waals surface area contributed by atoms with E-state index in [-0.39, 0.29) is 24.2 Å². The van der Waals surface area contributed by atoms with Crippen molar-refractivity contribution >= 4 is 17.8 Å². The number of carbonyl (C=O) groups excluding carboxylic acids is 3. The van der Waals surface area contributed by atoms with Gasteiger partial charge < -0.3 is 19.7 Å². The van der Waals surface area contributed by atoms with E-state index in [0.717, 1.165) is 32.1 Å². The molecule has 186 valence electrons. The van der Waals surface area contributed by atoms with Crippen LogP contribution in [0.15, 0.2) is 0 Å². The van der Waals surface area contributed by atoms with E-state index in [1.807, 2.05) is 20.8 Å². The van der Waals surface area contributed by atoms with Gasteiger partial charge in [0.15, 0.2) is 0 Å². The van der Waals surface area contributed by atoms with Gasteiger partial charge in [0.1, 0.15) is 11.6 Å². The average molecular weight is 455 g/mol. The number of hydrogen-bond acceptors (Lipinski definition) is 5. The smallest absolute Gasteiger partial charge is 0.307 e. The molecule has 0 aromatic heterocycles. The van der Waals surface area contributed by atoms with Gasteiger partial charge in [0, 0.05) is 26.1 Å². The van der Waals surface area contributed by atoms with Crippen LogP contribution in [0.5, 0.6) is 0 Å². The molecule has 2 amide bonds. The van der Waals surface area contributed by atoms with E-state index in [2.05, 4.69) is 12.2 Å². The Bertz CT molecular complexity index is 573. The van der Waals surface area contributed by atoms with Crippen molar-refractivity contribution in [2.24, 2.45) is 5.92 Å². The summed E-state index contributed by atoms with van der Waals surface area (Å²) in [7, 11) is 1.62. The van der Waals surface area contributed by atoms with Crippen LogP contribution in [0.3, 0.4) is 0 Å². The summed E-state index contributed by atoms with van der Waals surface area (Å²) in [4.78, 5) is 40.3. The molecule has 0 radical (unpaired) electrons. The van der Waals surface area contributed by atoms with Gasteiger partial charge in [-0.2, -0.15) is 0 Å². The zero-order valence-corrected chi connectivity index (χ0v) is 21.0. The highest BCUT2D eigenvalue weighted by Gasteiger charge is 2.31. The Morgan fingerprint density at radius 3 is 2.47 bits per heavy atom. The third-order valence-corrected chi connectivity index (χ3v) is 5.77. The van der Waals surface area contributed by atoms with E-state index in [9.17, 15) is 14.4 Å². The van der Waals surface area contributed by atoms with Crippen molar-refractivity contribution in [2.75, 3.05) is 26.8 Å². The minimum Gasteiger partial charge on any atom is -0.460 e. The highest BCUT2D eigenvalue weighted by Crippen LogP contribution is 2.20. The van der Waals surface area contributed by atoms with Crippen LogP contribution in [0.25, 0.3) is 0 Å². The van der Waals surface area contributed by atoms with Crippen LogP contribution in [0.1, 0.15) is 98.3 Å². The zero-order chi connectivity index (χ0) is 24.0. The largest absolute Gasteiger partial charge is 0.460 e. The molecule has 7 nitrogen and oxygen atoms in total. The van der Waals surface area contributed by atoms with Crippen molar-refractivity contribution in [3.63, 3.8) is 0 Å². The molecule has 1 N–H and O–H groups in total. The summed E-state index contributed by atoms with van der Waals surface area (Å²) in [5.74, 6) is -1.10. The van der Waals surface area contributed by atoms with Crippen molar-refractivity contribution in [3.8, 4) is 0 Å². The molecule has 7 heteroatoms. The number of esters is 1. The maximum Gasteiger partial charge on any atom is 0.307 e. The van der Waals surface area contributed by atoms with E-state index >= 15 is 0 Å². The monoisotopic (exact) mass is 454 g/mol. The van der Waals surface area contributed by atoms with Crippen LogP contribution in [-0.2, 0) is 23.9 Å². The number of likely N-dealkylation sites (tertiary alicyclic amines) is 1. The van der Waals surface area contributed by atoms with Crippen LogP contribution in [-0.4, -0.2) is 61.1 Å². The molecule has 1 heterocycles. The molecule has 0 saturated carbocycles. The average Bonchev–Trinajstić information content (AvgIpc) is 2.88. The second kappa shape index (κ2) is 15.3. The Hall–Kier alpha value is -1.63. The number of carbonyl (C=O) groups is 3. The summed E-state index contributed by atoms with van der Waals surface area (Å²) in [6.45, 7) is 9.36. The van der Waals surface area contributed by atoms with Gasteiger partial charge in [-0.05, 0) is 46.5 Å². The fourth-order valence-corrected chi connectivity index (χ4v) is 4.03. The first-order valence-electron chi connectivity index (χ1n) is 12.5. The molecule has 0 aromatic carbocycles. The number of unbranched alkanes of at least 4 members (excludes halogenated alkanes) is 5. The molecule has 0 bridgehead atoms. The standard InChI is InChI=1S/C25H46N2O5/c1-6-7-8-9-10-11-14-20(19-22(28)32-25(2,3)4)23(29)26-21-15-12-13-16-27(24(21)30)17-18-31-5/h20-21H,6-19H2,1-5H3,(H,26,29)/t20-,21+/m1/s1. The number of methoxy groups -OCH3 is 1. The van der Waals surface area contributed by atoms with Gasteiger partial charge in [0.2, 0.25) is 11.8 Å². The van der Waals surface area contributed by atoms with Crippen molar-refractivity contribution in [3.05, 3.63) is 0 Å². The number of nitrogens with one attached hydrogen (secondary N) is 1. The fourth-order valence-electron chi connectivity index (χ4n) is 4.03. The van der Waals surface area contributed by atoms with E-state index in [0.29, 0.717) is 32.5 Å². The topological polar surface area (TPSA) is 84.9 Å². The van der Waals surface area contributed by atoms with E-state index in [1.165, 1.54) is 19.3 Å². The molecular weight excluding hydrogens is 408 g/mol. The molecular formula is C25H46N2O5. The van der Waals surface area contributed by atoms with Gasteiger partial charge >= 0.3 is 5.97 Å².